The molecule has 1 heterocycles. The van der Waals surface area contributed by atoms with Gasteiger partial charge < -0.3 is 16.2 Å². The van der Waals surface area contributed by atoms with Gasteiger partial charge in [-0.15, -0.1) is 0 Å². The van der Waals surface area contributed by atoms with Crippen molar-refractivity contribution < 1.29 is 14.7 Å². The first-order valence-corrected chi connectivity index (χ1v) is 11.2. The second kappa shape index (κ2) is 11.5. The number of benzene rings is 2. The maximum Gasteiger partial charge on any atom is 0.253 e. The quantitative estimate of drug-likeness (QED) is 0.401. The van der Waals surface area contributed by atoms with Gasteiger partial charge in [-0.05, 0) is 52.4 Å². The van der Waals surface area contributed by atoms with E-state index in [9.17, 15) is 14.7 Å². The van der Waals surface area contributed by atoms with Gasteiger partial charge in [-0.3, -0.25) is 14.6 Å². The number of aliphatic hydroxyl groups excluding tert-OH is 1. The van der Waals surface area contributed by atoms with Crippen LogP contribution in [-0.2, 0) is 17.6 Å². The minimum atomic E-state index is -0.972. The third-order valence-electron chi connectivity index (χ3n) is 5.30. The normalized spacial score (nSPS) is 13.7. The van der Waals surface area contributed by atoms with Crippen molar-refractivity contribution in [1.29, 1.82) is 0 Å². The first-order valence-electron chi connectivity index (χ1n) is 10.4. The average Bonchev–Trinajstić information content (AvgIpc) is 2.79. The van der Waals surface area contributed by atoms with E-state index in [1.807, 2.05) is 60.7 Å². The molecule has 0 aliphatic carbocycles. The van der Waals surface area contributed by atoms with Gasteiger partial charge in [0.25, 0.3) is 5.91 Å². The Kier molecular flexibility index (Phi) is 8.53. The molecule has 0 saturated heterocycles. The standard InChI is InChI=1S/C25H26BrN3O3/c26-21-13-20(15-28-16-21)25(32)29-22(12-18-9-5-2-6-10-18)23(30)14-19(24(27)31)11-17-7-3-1-4-8-17/h1-10,13,15-16,19,22-23,30H,11-12,14H2,(H2,27,31)(H,29,32). The number of nitrogens with zero attached hydrogens (tertiary/aromatic N) is 1. The molecule has 166 valence electrons. The van der Waals surface area contributed by atoms with Crippen LogP contribution in [0.2, 0.25) is 0 Å². The highest BCUT2D eigenvalue weighted by Gasteiger charge is 2.28. The summed E-state index contributed by atoms with van der Waals surface area (Å²) in [5, 5.41) is 14.0. The fourth-order valence-electron chi connectivity index (χ4n) is 3.59. The van der Waals surface area contributed by atoms with Crippen LogP contribution < -0.4 is 11.1 Å². The van der Waals surface area contributed by atoms with Gasteiger partial charge in [0.1, 0.15) is 0 Å². The van der Waals surface area contributed by atoms with Crippen molar-refractivity contribution in [2.24, 2.45) is 11.7 Å². The molecule has 32 heavy (non-hydrogen) atoms. The summed E-state index contributed by atoms with van der Waals surface area (Å²) < 4.78 is 0.682. The average molecular weight is 496 g/mol. The molecule has 7 heteroatoms. The smallest absolute Gasteiger partial charge is 0.253 e. The molecule has 0 fully saturated rings. The molecule has 6 nitrogen and oxygen atoms in total. The highest BCUT2D eigenvalue weighted by Crippen LogP contribution is 2.19. The van der Waals surface area contributed by atoms with Crippen molar-refractivity contribution in [3.8, 4) is 0 Å². The molecule has 4 N–H and O–H groups in total. The van der Waals surface area contributed by atoms with Crippen LogP contribution in [-0.4, -0.2) is 34.1 Å². The highest BCUT2D eigenvalue weighted by molar-refractivity contribution is 9.10. The van der Waals surface area contributed by atoms with Gasteiger partial charge in [0, 0.05) is 22.8 Å². The molecule has 0 aliphatic heterocycles. The zero-order valence-corrected chi connectivity index (χ0v) is 19.1. The van der Waals surface area contributed by atoms with Crippen molar-refractivity contribution in [1.82, 2.24) is 10.3 Å². The SMILES string of the molecule is NC(=O)C(Cc1ccccc1)CC(O)C(Cc1ccccc1)NC(=O)c1cncc(Br)c1. The van der Waals surface area contributed by atoms with E-state index >= 15 is 0 Å². The molecule has 1 aromatic heterocycles. The maximum atomic E-state index is 12.8. The van der Waals surface area contributed by atoms with Crippen LogP contribution in [0, 0.1) is 5.92 Å². The maximum absolute atomic E-state index is 12.8. The van der Waals surface area contributed by atoms with E-state index in [0.29, 0.717) is 22.9 Å². The summed E-state index contributed by atoms with van der Waals surface area (Å²) >= 11 is 3.32. The number of nitrogens with two attached hydrogens (primary N) is 1. The Bertz CT molecular complexity index is 1030. The number of rotatable bonds is 10. The Balaban J connectivity index is 1.77. The second-order valence-corrected chi connectivity index (χ2v) is 8.67. The van der Waals surface area contributed by atoms with Gasteiger partial charge in [-0.25, -0.2) is 0 Å². The Labute approximate surface area is 196 Å². The number of amides is 2. The number of carbonyl (C=O) groups excluding carboxylic acids is 2. The molecular formula is C25H26BrN3O3. The van der Waals surface area contributed by atoms with E-state index in [1.54, 1.807) is 12.3 Å². The van der Waals surface area contributed by atoms with Gasteiger partial charge in [0.2, 0.25) is 5.91 Å². The van der Waals surface area contributed by atoms with Gasteiger partial charge in [0.15, 0.2) is 0 Å². The first-order chi connectivity index (χ1) is 15.4. The zero-order valence-electron chi connectivity index (χ0n) is 17.5. The number of hydrogen-bond donors (Lipinski definition) is 3. The number of primary amides is 1. The lowest BCUT2D eigenvalue weighted by molar-refractivity contribution is -0.122. The van der Waals surface area contributed by atoms with Crippen LogP contribution in [0.5, 0.6) is 0 Å². The number of aliphatic hydroxyl groups is 1. The number of aromatic nitrogens is 1. The molecule has 2 amide bonds. The topological polar surface area (TPSA) is 105 Å². The summed E-state index contributed by atoms with van der Waals surface area (Å²) in [6.07, 6.45) is 3.06. The summed E-state index contributed by atoms with van der Waals surface area (Å²) in [4.78, 5) is 29.0. The third kappa shape index (κ3) is 7.00. The molecule has 3 atom stereocenters. The van der Waals surface area contributed by atoms with E-state index in [0.717, 1.165) is 11.1 Å². The molecule has 0 radical (unpaired) electrons. The summed E-state index contributed by atoms with van der Waals surface area (Å²) in [6, 6.07) is 20.2. The Hall–Kier alpha value is -3.03. The zero-order chi connectivity index (χ0) is 22.9. The molecule has 3 unspecified atom stereocenters. The van der Waals surface area contributed by atoms with Gasteiger partial charge in [-0.1, -0.05) is 60.7 Å². The summed E-state index contributed by atoms with van der Waals surface area (Å²) in [7, 11) is 0. The van der Waals surface area contributed by atoms with Crippen molar-refractivity contribution in [3.63, 3.8) is 0 Å². The van der Waals surface area contributed by atoms with Crippen LogP contribution in [0.15, 0.2) is 83.6 Å². The Morgan fingerprint density at radius 3 is 2.12 bits per heavy atom. The van der Waals surface area contributed by atoms with Crippen LogP contribution in [0.3, 0.4) is 0 Å². The molecule has 0 bridgehead atoms. The molecule has 0 aliphatic rings. The molecule has 3 aromatic rings. The number of nitrogens with one attached hydrogen (secondary N) is 1. The number of hydrogen-bond acceptors (Lipinski definition) is 4. The Morgan fingerprint density at radius 2 is 1.56 bits per heavy atom. The monoisotopic (exact) mass is 495 g/mol. The minimum absolute atomic E-state index is 0.138. The number of pyridine rings is 1. The lowest BCUT2D eigenvalue weighted by Crippen LogP contribution is -2.46. The lowest BCUT2D eigenvalue weighted by atomic mass is 9.89. The first kappa shape index (κ1) is 23.6. The fourth-order valence-corrected chi connectivity index (χ4v) is 3.96. The second-order valence-electron chi connectivity index (χ2n) is 7.75. The van der Waals surface area contributed by atoms with Gasteiger partial charge >= 0.3 is 0 Å². The summed E-state index contributed by atoms with van der Waals surface area (Å²) in [5.74, 6) is -1.39. The molecule has 0 spiro atoms. The van der Waals surface area contributed by atoms with Gasteiger partial charge in [0.05, 0.1) is 17.7 Å². The van der Waals surface area contributed by atoms with Gasteiger partial charge in [-0.2, -0.15) is 0 Å². The summed E-state index contributed by atoms with van der Waals surface area (Å²) in [5.41, 5.74) is 7.95. The molecule has 3 rings (SSSR count). The third-order valence-corrected chi connectivity index (χ3v) is 5.73. The van der Waals surface area contributed by atoms with Crippen LogP contribution >= 0.6 is 15.9 Å². The summed E-state index contributed by atoms with van der Waals surface area (Å²) in [6.45, 7) is 0. The number of carbonyl (C=O) groups is 2. The molecular weight excluding hydrogens is 470 g/mol. The van der Waals surface area contributed by atoms with Crippen molar-refractivity contribution in [2.75, 3.05) is 0 Å². The van der Waals surface area contributed by atoms with Crippen LogP contribution in [0.25, 0.3) is 0 Å². The van der Waals surface area contributed by atoms with E-state index in [2.05, 4.69) is 26.2 Å². The van der Waals surface area contributed by atoms with Crippen molar-refractivity contribution in [2.45, 2.75) is 31.4 Å². The molecule has 0 saturated carbocycles. The predicted molar refractivity (Wildman–Crippen MR) is 127 cm³/mol. The van der Waals surface area contributed by atoms with Crippen LogP contribution in [0.1, 0.15) is 27.9 Å². The Morgan fingerprint density at radius 1 is 0.969 bits per heavy atom. The molecule has 2 aromatic carbocycles. The van der Waals surface area contributed by atoms with E-state index in [4.69, 9.17) is 5.73 Å². The van der Waals surface area contributed by atoms with E-state index in [1.165, 1.54) is 6.20 Å². The lowest BCUT2D eigenvalue weighted by Gasteiger charge is -2.27. The van der Waals surface area contributed by atoms with Crippen molar-refractivity contribution >= 4 is 27.7 Å². The van der Waals surface area contributed by atoms with Crippen LogP contribution in [0.4, 0.5) is 0 Å². The van der Waals surface area contributed by atoms with Crippen molar-refractivity contribution in [3.05, 3.63) is 100 Å². The largest absolute Gasteiger partial charge is 0.391 e. The number of halogens is 1. The predicted octanol–water partition coefficient (Wildman–Crippen LogP) is 3.28. The highest BCUT2D eigenvalue weighted by atomic mass is 79.9. The van der Waals surface area contributed by atoms with E-state index in [-0.39, 0.29) is 12.3 Å². The minimum Gasteiger partial charge on any atom is -0.391 e. The van der Waals surface area contributed by atoms with E-state index < -0.39 is 24.0 Å². The fraction of sp³-hybridized carbons (Fsp3) is 0.240.